The van der Waals surface area contributed by atoms with Crippen molar-refractivity contribution in [1.29, 1.82) is 0 Å². The molecule has 9 heteroatoms. The molecule has 0 bridgehead atoms. The molecule has 29 heavy (non-hydrogen) atoms. The number of rotatable bonds is 7. The first-order valence-corrected chi connectivity index (χ1v) is 10.7. The summed E-state index contributed by atoms with van der Waals surface area (Å²) in [6, 6.07) is 5.38. The van der Waals surface area contributed by atoms with E-state index in [0.717, 1.165) is 10.9 Å². The molecule has 0 atom stereocenters. The number of carbonyl (C=O) groups excluding carboxylic acids is 2. The van der Waals surface area contributed by atoms with Gasteiger partial charge in [0, 0.05) is 50.2 Å². The molecule has 1 aromatic carbocycles. The molecule has 2 heterocycles. The van der Waals surface area contributed by atoms with Crippen LogP contribution in [0.2, 0.25) is 0 Å². The normalized spacial score (nSPS) is 14.9. The first-order valence-electron chi connectivity index (χ1n) is 9.89. The van der Waals surface area contributed by atoms with Gasteiger partial charge < -0.3 is 10.2 Å². The number of nitrogens with one attached hydrogen (secondary N) is 1. The number of fused-ring (bicyclic) bond motifs is 1. The Labute approximate surface area is 178 Å². The number of aryl methyl sites for hydroxylation is 1. The lowest BCUT2D eigenvalue weighted by atomic mass is 10.2. The van der Waals surface area contributed by atoms with E-state index in [9.17, 15) is 14.4 Å². The highest BCUT2D eigenvalue weighted by Gasteiger charge is 2.22. The van der Waals surface area contributed by atoms with Crippen LogP contribution in [-0.2, 0) is 16.1 Å². The average molecular weight is 464 g/mol. The zero-order chi connectivity index (χ0) is 20.8. The summed E-state index contributed by atoms with van der Waals surface area (Å²) in [7, 11) is 0. The van der Waals surface area contributed by atoms with E-state index in [1.807, 2.05) is 13.0 Å². The summed E-state index contributed by atoms with van der Waals surface area (Å²) < 4.78 is 2.31. The van der Waals surface area contributed by atoms with Crippen LogP contribution in [-0.4, -0.2) is 70.4 Å². The molecule has 0 spiro atoms. The molecule has 0 saturated carbocycles. The van der Waals surface area contributed by atoms with Crippen LogP contribution in [0.25, 0.3) is 10.9 Å². The van der Waals surface area contributed by atoms with Crippen LogP contribution < -0.4 is 10.9 Å². The lowest BCUT2D eigenvalue weighted by Crippen LogP contribution is -2.51. The lowest BCUT2D eigenvalue weighted by Gasteiger charge is -2.34. The van der Waals surface area contributed by atoms with Gasteiger partial charge in [0.2, 0.25) is 11.8 Å². The van der Waals surface area contributed by atoms with Crippen molar-refractivity contribution in [3.8, 4) is 0 Å². The van der Waals surface area contributed by atoms with Crippen LogP contribution in [0.5, 0.6) is 0 Å². The second kappa shape index (κ2) is 9.98. The summed E-state index contributed by atoms with van der Waals surface area (Å²) in [5, 5.41) is 3.40. The molecule has 1 aliphatic heterocycles. The highest BCUT2D eigenvalue weighted by molar-refractivity contribution is 9.10. The van der Waals surface area contributed by atoms with Gasteiger partial charge in [0.05, 0.1) is 23.8 Å². The van der Waals surface area contributed by atoms with E-state index in [1.165, 1.54) is 10.9 Å². The lowest BCUT2D eigenvalue weighted by molar-refractivity contribution is -0.133. The molecule has 1 aromatic heterocycles. The molecule has 2 aromatic rings. The van der Waals surface area contributed by atoms with Crippen molar-refractivity contribution >= 4 is 38.6 Å². The average Bonchev–Trinajstić information content (AvgIpc) is 2.72. The molecule has 8 nitrogen and oxygen atoms in total. The molecule has 1 N–H and O–H groups in total. The van der Waals surface area contributed by atoms with Gasteiger partial charge in [-0.1, -0.05) is 22.9 Å². The van der Waals surface area contributed by atoms with Crippen molar-refractivity contribution in [3.63, 3.8) is 0 Å². The largest absolute Gasteiger partial charge is 0.355 e. The number of amides is 2. The van der Waals surface area contributed by atoms with Crippen molar-refractivity contribution in [2.24, 2.45) is 0 Å². The number of aromatic nitrogens is 2. The van der Waals surface area contributed by atoms with Crippen molar-refractivity contribution < 1.29 is 9.59 Å². The van der Waals surface area contributed by atoms with Crippen LogP contribution in [0.4, 0.5) is 0 Å². The Bertz CT molecular complexity index is 937. The van der Waals surface area contributed by atoms with Crippen LogP contribution in [0.1, 0.15) is 19.8 Å². The maximum atomic E-state index is 12.6. The molecule has 2 amide bonds. The summed E-state index contributed by atoms with van der Waals surface area (Å²) in [4.78, 5) is 45.2. The Morgan fingerprint density at radius 3 is 2.69 bits per heavy atom. The number of hydrogen-bond donors (Lipinski definition) is 1. The molecular formula is C20H26BrN5O3. The van der Waals surface area contributed by atoms with Gasteiger partial charge >= 0.3 is 0 Å². The topological polar surface area (TPSA) is 87.5 Å². The van der Waals surface area contributed by atoms with E-state index in [0.29, 0.717) is 56.7 Å². The van der Waals surface area contributed by atoms with Gasteiger partial charge in [-0.05, 0) is 24.6 Å². The Morgan fingerprint density at radius 2 is 1.97 bits per heavy atom. The van der Waals surface area contributed by atoms with Crippen LogP contribution >= 0.6 is 15.9 Å². The molecule has 0 aliphatic carbocycles. The third-order valence-electron chi connectivity index (χ3n) is 5.02. The minimum absolute atomic E-state index is 0.0151. The Morgan fingerprint density at radius 1 is 1.21 bits per heavy atom. The standard InChI is InChI=1S/C20H26BrN5O3/c1-2-6-22-18(27)13-24-8-10-25(11-9-24)19(28)5-7-26-14-23-17-4-3-15(21)12-16(17)20(26)29/h3-4,12,14H,2,5-11,13H2,1H3,(H,22,27). The number of hydrogen-bond acceptors (Lipinski definition) is 5. The van der Waals surface area contributed by atoms with Gasteiger partial charge in [0.1, 0.15) is 0 Å². The smallest absolute Gasteiger partial charge is 0.261 e. The fraction of sp³-hybridized carbons (Fsp3) is 0.500. The number of nitrogens with zero attached hydrogens (tertiary/aromatic N) is 4. The Hall–Kier alpha value is -2.26. The fourth-order valence-electron chi connectivity index (χ4n) is 3.34. The van der Waals surface area contributed by atoms with Gasteiger partial charge in [-0.25, -0.2) is 4.98 Å². The summed E-state index contributed by atoms with van der Waals surface area (Å²) >= 11 is 3.37. The van der Waals surface area contributed by atoms with Crippen molar-refractivity contribution in [3.05, 3.63) is 39.4 Å². The summed E-state index contributed by atoms with van der Waals surface area (Å²) in [5.41, 5.74) is 0.492. The fourth-order valence-corrected chi connectivity index (χ4v) is 3.70. The second-order valence-corrected chi connectivity index (χ2v) is 8.08. The van der Waals surface area contributed by atoms with Gasteiger partial charge in [-0.2, -0.15) is 0 Å². The summed E-state index contributed by atoms with van der Waals surface area (Å²) in [6.45, 7) is 5.93. The number of benzene rings is 1. The third-order valence-corrected chi connectivity index (χ3v) is 5.51. The first kappa shape index (κ1) is 21.4. The predicted octanol–water partition coefficient (Wildman–Crippen LogP) is 1.22. The Kier molecular flexibility index (Phi) is 7.38. The quantitative estimate of drug-likeness (QED) is 0.666. The zero-order valence-corrected chi connectivity index (χ0v) is 18.2. The van der Waals surface area contributed by atoms with Crippen molar-refractivity contribution in [1.82, 2.24) is 24.7 Å². The van der Waals surface area contributed by atoms with Gasteiger partial charge in [0.15, 0.2) is 0 Å². The van der Waals surface area contributed by atoms with Gasteiger partial charge in [-0.15, -0.1) is 0 Å². The minimum Gasteiger partial charge on any atom is -0.355 e. The summed E-state index contributed by atoms with van der Waals surface area (Å²) in [6.07, 6.45) is 2.66. The minimum atomic E-state index is -0.146. The van der Waals surface area contributed by atoms with E-state index in [4.69, 9.17) is 0 Å². The molecule has 1 fully saturated rings. The van der Waals surface area contributed by atoms with E-state index in [-0.39, 0.29) is 23.8 Å². The first-order chi connectivity index (χ1) is 14.0. The maximum Gasteiger partial charge on any atom is 0.261 e. The number of carbonyl (C=O) groups is 2. The van der Waals surface area contributed by atoms with E-state index < -0.39 is 0 Å². The van der Waals surface area contributed by atoms with Crippen LogP contribution in [0.15, 0.2) is 33.8 Å². The number of halogens is 1. The molecular weight excluding hydrogens is 438 g/mol. The highest BCUT2D eigenvalue weighted by Crippen LogP contribution is 2.15. The van der Waals surface area contributed by atoms with E-state index in [2.05, 4.69) is 31.1 Å². The molecule has 0 radical (unpaired) electrons. The van der Waals surface area contributed by atoms with Crippen molar-refractivity contribution in [2.45, 2.75) is 26.3 Å². The Balaban J connectivity index is 1.51. The SMILES string of the molecule is CCCNC(=O)CN1CCN(C(=O)CCn2cnc3ccc(Br)cc3c2=O)CC1. The number of piperazine rings is 1. The summed E-state index contributed by atoms with van der Waals surface area (Å²) in [5.74, 6) is 0.0442. The molecule has 156 valence electrons. The van der Waals surface area contributed by atoms with Crippen LogP contribution in [0.3, 0.4) is 0 Å². The molecule has 1 aliphatic rings. The predicted molar refractivity (Wildman–Crippen MR) is 115 cm³/mol. The zero-order valence-electron chi connectivity index (χ0n) is 16.6. The highest BCUT2D eigenvalue weighted by atomic mass is 79.9. The van der Waals surface area contributed by atoms with Crippen molar-refractivity contribution in [2.75, 3.05) is 39.3 Å². The van der Waals surface area contributed by atoms with E-state index in [1.54, 1.807) is 17.0 Å². The van der Waals surface area contributed by atoms with Gasteiger partial charge in [-0.3, -0.25) is 23.9 Å². The maximum absolute atomic E-state index is 12.6. The molecule has 1 saturated heterocycles. The third kappa shape index (κ3) is 5.63. The molecule has 3 rings (SSSR count). The molecule has 0 unspecified atom stereocenters. The van der Waals surface area contributed by atoms with E-state index >= 15 is 0 Å². The monoisotopic (exact) mass is 463 g/mol. The second-order valence-electron chi connectivity index (χ2n) is 7.16. The van der Waals surface area contributed by atoms with Gasteiger partial charge in [0.25, 0.3) is 5.56 Å². The van der Waals surface area contributed by atoms with Crippen LogP contribution in [0, 0.1) is 0 Å².